The van der Waals surface area contributed by atoms with Crippen LogP contribution in [0.25, 0.3) is 6.08 Å². The van der Waals surface area contributed by atoms with E-state index in [9.17, 15) is 14.0 Å². The summed E-state index contributed by atoms with van der Waals surface area (Å²) in [5.74, 6) is -0.771. The van der Waals surface area contributed by atoms with Crippen molar-refractivity contribution in [3.8, 4) is 5.75 Å². The van der Waals surface area contributed by atoms with Gasteiger partial charge in [0.1, 0.15) is 11.7 Å². The van der Waals surface area contributed by atoms with Crippen molar-refractivity contribution in [3.63, 3.8) is 0 Å². The lowest BCUT2D eigenvalue weighted by atomic mass is 10.00. The minimum Gasteiger partial charge on any atom is -0.487 e. The Balaban J connectivity index is 1.61. The third-order valence-electron chi connectivity index (χ3n) is 5.24. The van der Waals surface area contributed by atoms with Gasteiger partial charge in [-0.25, -0.2) is 14.0 Å². The highest BCUT2D eigenvalue weighted by Gasteiger charge is 2.45. The molecule has 30 heavy (non-hydrogen) atoms. The van der Waals surface area contributed by atoms with Crippen LogP contribution >= 0.6 is 0 Å². The van der Waals surface area contributed by atoms with Gasteiger partial charge in [-0.2, -0.15) is 0 Å². The summed E-state index contributed by atoms with van der Waals surface area (Å²) >= 11 is 0. The van der Waals surface area contributed by atoms with Crippen molar-refractivity contribution in [3.05, 3.63) is 35.7 Å². The number of halogens is 1. The van der Waals surface area contributed by atoms with Crippen molar-refractivity contribution < 1.29 is 28.2 Å². The number of benzene rings is 1. The molecule has 0 spiro atoms. The highest BCUT2D eigenvalue weighted by atomic mass is 19.1. The predicted octanol–water partition coefficient (Wildman–Crippen LogP) is 4.71. The number of hydrogen-bond donors (Lipinski definition) is 0. The molecule has 0 aromatic heterocycles. The normalized spacial score (nSPS) is 23.5. The average Bonchev–Trinajstić information content (AvgIpc) is 2.92. The summed E-state index contributed by atoms with van der Waals surface area (Å²) in [6.45, 7) is 7.59. The molecule has 0 radical (unpaired) electrons. The van der Waals surface area contributed by atoms with Gasteiger partial charge in [0.05, 0.1) is 6.61 Å². The maximum absolute atomic E-state index is 14.5. The zero-order valence-corrected chi connectivity index (χ0v) is 18.0. The van der Waals surface area contributed by atoms with Gasteiger partial charge in [-0.3, -0.25) is 0 Å². The fourth-order valence-corrected chi connectivity index (χ4v) is 4.09. The number of ether oxygens (including phenoxy) is 3. The number of hydrogen-bond acceptors (Lipinski definition) is 5. The molecule has 2 bridgehead atoms. The summed E-state index contributed by atoms with van der Waals surface area (Å²) in [5, 5.41) is 0. The Bertz CT molecular complexity index is 802. The molecule has 2 aliphatic heterocycles. The van der Waals surface area contributed by atoms with Gasteiger partial charge in [0.2, 0.25) is 0 Å². The standard InChI is InChI=1S/C23H30FNO5/c1-5-28-21(26)11-7-15-6-10-20(19(24)12-15)29-18-13-16-8-9-17(14-18)25(16)22(27)30-23(2,3)4/h6-7,10-12,16-18H,5,8-9,13-14H2,1-4H3/b11-7+/t16-,17+,18?. The summed E-state index contributed by atoms with van der Waals surface area (Å²) < 4.78 is 30.8. The highest BCUT2D eigenvalue weighted by molar-refractivity contribution is 5.87. The van der Waals surface area contributed by atoms with E-state index in [-0.39, 0.29) is 30.0 Å². The molecule has 0 saturated carbocycles. The molecule has 7 heteroatoms. The van der Waals surface area contributed by atoms with E-state index in [0.29, 0.717) is 25.0 Å². The van der Waals surface area contributed by atoms with E-state index < -0.39 is 17.4 Å². The van der Waals surface area contributed by atoms with Crippen molar-refractivity contribution in [1.29, 1.82) is 0 Å². The van der Waals surface area contributed by atoms with Crippen LogP contribution in [-0.4, -0.2) is 47.4 Å². The molecule has 3 rings (SSSR count). The summed E-state index contributed by atoms with van der Waals surface area (Å²) in [7, 11) is 0. The molecule has 2 saturated heterocycles. The topological polar surface area (TPSA) is 65.1 Å². The van der Waals surface area contributed by atoms with Crippen LogP contribution in [0.3, 0.4) is 0 Å². The Kier molecular flexibility index (Phi) is 6.68. The highest BCUT2D eigenvalue weighted by Crippen LogP contribution is 2.38. The van der Waals surface area contributed by atoms with E-state index in [1.807, 2.05) is 25.7 Å². The summed E-state index contributed by atoms with van der Waals surface area (Å²) in [6, 6.07) is 4.70. The quantitative estimate of drug-likeness (QED) is 0.511. The molecule has 3 atom stereocenters. The molecule has 1 unspecified atom stereocenters. The van der Waals surface area contributed by atoms with Crippen molar-refractivity contribution in [2.75, 3.05) is 6.61 Å². The van der Waals surface area contributed by atoms with Crippen LogP contribution < -0.4 is 4.74 Å². The second kappa shape index (κ2) is 9.06. The lowest BCUT2D eigenvalue weighted by Crippen LogP contribution is -2.50. The van der Waals surface area contributed by atoms with E-state index in [0.717, 1.165) is 12.8 Å². The predicted molar refractivity (Wildman–Crippen MR) is 111 cm³/mol. The van der Waals surface area contributed by atoms with Crippen molar-refractivity contribution in [2.45, 2.75) is 77.2 Å². The van der Waals surface area contributed by atoms with Crippen LogP contribution in [0.5, 0.6) is 5.75 Å². The number of fused-ring (bicyclic) bond motifs is 2. The zero-order chi connectivity index (χ0) is 21.9. The Morgan fingerprint density at radius 2 is 1.87 bits per heavy atom. The van der Waals surface area contributed by atoms with Gasteiger partial charge in [0.25, 0.3) is 0 Å². The fourth-order valence-electron chi connectivity index (χ4n) is 4.09. The molecule has 1 aromatic rings. The van der Waals surface area contributed by atoms with Crippen LogP contribution in [0, 0.1) is 5.82 Å². The molecule has 2 fully saturated rings. The van der Waals surface area contributed by atoms with Crippen LogP contribution in [0.15, 0.2) is 24.3 Å². The lowest BCUT2D eigenvalue weighted by Gasteiger charge is -2.39. The number of carbonyl (C=O) groups excluding carboxylic acids is 2. The van der Waals surface area contributed by atoms with E-state index in [2.05, 4.69) is 0 Å². The minimum absolute atomic E-state index is 0.0541. The smallest absolute Gasteiger partial charge is 0.410 e. The van der Waals surface area contributed by atoms with Gasteiger partial charge in [0.15, 0.2) is 11.6 Å². The molecule has 164 valence electrons. The number of rotatable bonds is 5. The third-order valence-corrected chi connectivity index (χ3v) is 5.24. The zero-order valence-electron chi connectivity index (χ0n) is 18.0. The molecule has 0 aliphatic carbocycles. The molecular formula is C23H30FNO5. The Morgan fingerprint density at radius 3 is 2.43 bits per heavy atom. The second-order valence-corrected chi connectivity index (χ2v) is 8.76. The molecule has 2 aliphatic rings. The first-order valence-corrected chi connectivity index (χ1v) is 10.5. The van der Waals surface area contributed by atoms with Crippen molar-refractivity contribution in [1.82, 2.24) is 4.90 Å². The summed E-state index contributed by atoms with van der Waals surface area (Å²) in [5.41, 5.74) is 0.0175. The fraction of sp³-hybridized carbons (Fsp3) is 0.565. The Morgan fingerprint density at radius 1 is 1.20 bits per heavy atom. The van der Waals surface area contributed by atoms with Gasteiger partial charge < -0.3 is 19.1 Å². The first-order valence-electron chi connectivity index (χ1n) is 10.5. The summed E-state index contributed by atoms with van der Waals surface area (Å²) in [4.78, 5) is 25.8. The number of nitrogens with zero attached hydrogens (tertiary/aromatic N) is 1. The summed E-state index contributed by atoms with van der Waals surface area (Å²) in [6.07, 6.45) is 5.45. The van der Waals surface area contributed by atoms with Crippen LogP contribution in [-0.2, 0) is 14.3 Å². The van der Waals surface area contributed by atoms with Gasteiger partial charge in [-0.15, -0.1) is 0 Å². The Labute approximate surface area is 177 Å². The number of piperidine rings is 1. The lowest BCUT2D eigenvalue weighted by molar-refractivity contribution is -0.137. The number of carbonyl (C=O) groups is 2. The first-order chi connectivity index (χ1) is 14.2. The van der Waals surface area contributed by atoms with Gasteiger partial charge in [0, 0.05) is 31.0 Å². The molecular weight excluding hydrogens is 389 g/mol. The van der Waals surface area contributed by atoms with Gasteiger partial charge in [-0.05, 0) is 64.3 Å². The molecule has 2 heterocycles. The third kappa shape index (κ3) is 5.52. The van der Waals surface area contributed by atoms with E-state index >= 15 is 0 Å². The van der Waals surface area contributed by atoms with Gasteiger partial charge in [-0.1, -0.05) is 6.07 Å². The first kappa shape index (κ1) is 22.1. The number of esters is 1. The Hall–Kier alpha value is -2.57. The molecule has 6 nitrogen and oxygen atoms in total. The van der Waals surface area contributed by atoms with Gasteiger partial charge >= 0.3 is 12.1 Å². The van der Waals surface area contributed by atoms with E-state index in [1.165, 1.54) is 18.2 Å². The van der Waals surface area contributed by atoms with Crippen molar-refractivity contribution >= 4 is 18.1 Å². The van der Waals surface area contributed by atoms with Crippen LogP contribution in [0.1, 0.15) is 58.9 Å². The average molecular weight is 419 g/mol. The molecule has 0 N–H and O–H groups in total. The van der Waals surface area contributed by atoms with E-state index in [1.54, 1.807) is 19.1 Å². The minimum atomic E-state index is -0.531. The maximum atomic E-state index is 14.5. The van der Waals surface area contributed by atoms with Crippen molar-refractivity contribution in [2.24, 2.45) is 0 Å². The SMILES string of the molecule is CCOC(=O)/C=C/c1ccc(OC2C[C@H]3CC[C@@H](C2)N3C(=O)OC(C)(C)C)c(F)c1. The molecule has 1 aromatic carbocycles. The van der Waals surface area contributed by atoms with Crippen LogP contribution in [0.2, 0.25) is 0 Å². The van der Waals surface area contributed by atoms with E-state index in [4.69, 9.17) is 14.2 Å². The van der Waals surface area contributed by atoms with Crippen LogP contribution in [0.4, 0.5) is 9.18 Å². The second-order valence-electron chi connectivity index (χ2n) is 8.76. The molecule has 1 amide bonds. The monoisotopic (exact) mass is 419 g/mol. The maximum Gasteiger partial charge on any atom is 0.410 e. The largest absolute Gasteiger partial charge is 0.487 e. The number of amides is 1.